The largest absolute Gasteiger partial charge is 0.388 e. The van der Waals surface area contributed by atoms with Crippen LogP contribution < -0.4 is 15.5 Å². The molecule has 1 saturated heterocycles. The van der Waals surface area contributed by atoms with Gasteiger partial charge in [-0.1, -0.05) is 30.3 Å². The molecule has 1 fully saturated rings. The monoisotopic (exact) mass is 410 g/mol. The third-order valence-corrected chi connectivity index (χ3v) is 5.64. The van der Waals surface area contributed by atoms with Crippen molar-refractivity contribution in [3.05, 3.63) is 59.7 Å². The lowest BCUT2D eigenvalue weighted by atomic mass is 9.95. The molecule has 162 valence electrons. The van der Waals surface area contributed by atoms with E-state index in [0.717, 1.165) is 29.9 Å². The summed E-state index contributed by atoms with van der Waals surface area (Å²) in [5.74, 6) is -0.119. The zero-order valence-corrected chi connectivity index (χ0v) is 18.3. The van der Waals surface area contributed by atoms with Crippen molar-refractivity contribution in [3.8, 4) is 0 Å². The zero-order valence-electron chi connectivity index (χ0n) is 18.3. The minimum Gasteiger partial charge on any atom is -0.388 e. The quantitative estimate of drug-likeness (QED) is 0.622. The molecular weight excluding hydrogens is 376 g/mol. The standard InChI is InChI=1S/C24H34N4O2/c1-18-15-21(28-13-7-8-14-28)11-12-22(18)26-24(30)25-16-20(17-27(2)3)23(29)19-9-5-4-6-10-19/h4-6,9-12,15,20,23,29H,7-8,13-14,16-17H2,1-3H3,(H2,25,26,30)/t20-,23-/m0/s1. The topological polar surface area (TPSA) is 67.8 Å². The number of benzene rings is 2. The SMILES string of the molecule is Cc1cc(N2CCCC2)ccc1NC(=O)NC[C@@H](CN(C)C)[C@@H](O)c1ccccc1. The third kappa shape index (κ3) is 5.97. The molecular formula is C24H34N4O2. The van der Waals surface area contributed by atoms with Crippen LogP contribution in [-0.2, 0) is 0 Å². The van der Waals surface area contributed by atoms with E-state index in [1.165, 1.54) is 18.5 Å². The maximum atomic E-state index is 12.5. The van der Waals surface area contributed by atoms with Gasteiger partial charge < -0.3 is 25.5 Å². The number of hydrogen-bond donors (Lipinski definition) is 3. The maximum absolute atomic E-state index is 12.5. The molecule has 1 aliphatic heterocycles. The number of aryl methyl sites for hydroxylation is 1. The van der Waals surface area contributed by atoms with Gasteiger partial charge in [0.15, 0.2) is 0 Å². The van der Waals surface area contributed by atoms with Gasteiger partial charge in [-0.3, -0.25) is 0 Å². The molecule has 0 spiro atoms. The van der Waals surface area contributed by atoms with Crippen molar-refractivity contribution in [2.45, 2.75) is 25.9 Å². The van der Waals surface area contributed by atoms with Gasteiger partial charge in [-0.25, -0.2) is 4.79 Å². The first-order valence-corrected chi connectivity index (χ1v) is 10.7. The number of aliphatic hydroxyl groups excluding tert-OH is 1. The molecule has 0 aliphatic carbocycles. The number of nitrogens with zero attached hydrogens (tertiary/aromatic N) is 2. The summed E-state index contributed by atoms with van der Waals surface area (Å²) in [6, 6.07) is 15.5. The van der Waals surface area contributed by atoms with Crippen molar-refractivity contribution in [3.63, 3.8) is 0 Å². The lowest BCUT2D eigenvalue weighted by Gasteiger charge is -2.26. The van der Waals surface area contributed by atoms with E-state index in [-0.39, 0.29) is 11.9 Å². The minimum absolute atomic E-state index is 0.119. The smallest absolute Gasteiger partial charge is 0.319 e. The molecule has 1 heterocycles. The van der Waals surface area contributed by atoms with Gasteiger partial charge in [0.05, 0.1) is 6.10 Å². The Kier molecular flexibility index (Phi) is 7.71. The Bertz CT molecular complexity index is 819. The number of rotatable bonds is 8. The Morgan fingerprint density at radius 1 is 1.13 bits per heavy atom. The van der Waals surface area contributed by atoms with Crippen LogP contribution in [0.4, 0.5) is 16.2 Å². The number of aliphatic hydroxyl groups is 1. The number of carbonyl (C=O) groups is 1. The lowest BCUT2D eigenvalue weighted by Crippen LogP contribution is -2.39. The molecule has 0 radical (unpaired) electrons. The highest BCUT2D eigenvalue weighted by atomic mass is 16.3. The van der Waals surface area contributed by atoms with E-state index in [9.17, 15) is 9.90 Å². The van der Waals surface area contributed by atoms with Crippen molar-refractivity contribution >= 4 is 17.4 Å². The van der Waals surface area contributed by atoms with Gasteiger partial charge in [0.25, 0.3) is 0 Å². The molecule has 3 rings (SSSR count). The second-order valence-electron chi connectivity index (χ2n) is 8.41. The number of urea groups is 1. The van der Waals surface area contributed by atoms with Gasteiger partial charge in [-0.05, 0) is 63.2 Å². The summed E-state index contributed by atoms with van der Waals surface area (Å²) in [5.41, 5.74) is 3.93. The molecule has 6 nitrogen and oxygen atoms in total. The first-order chi connectivity index (χ1) is 14.4. The van der Waals surface area contributed by atoms with Gasteiger partial charge in [-0.15, -0.1) is 0 Å². The first-order valence-electron chi connectivity index (χ1n) is 10.7. The summed E-state index contributed by atoms with van der Waals surface area (Å²) in [6.07, 6.45) is 1.84. The van der Waals surface area contributed by atoms with E-state index in [1.807, 2.05) is 62.3 Å². The number of carbonyl (C=O) groups excluding carboxylic acids is 1. The van der Waals surface area contributed by atoms with Crippen molar-refractivity contribution in [1.29, 1.82) is 0 Å². The van der Waals surface area contributed by atoms with Crippen LogP contribution in [0.3, 0.4) is 0 Å². The second kappa shape index (κ2) is 10.5. The number of amides is 2. The minimum atomic E-state index is -0.643. The fourth-order valence-electron chi connectivity index (χ4n) is 4.02. The van der Waals surface area contributed by atoms with E-state index in [1.54, 1.807) is 0 Å². The van der Waals surface area contributed by atoms with E-state index in [2.05, 4.69) is 27.7 Å². The fourth-order valence-corrected chi connectivity index (χ4v) is 4.02. The van der Waals surface area contributed by atoms with E-state index in [0.29, 0.717) is 13.1 Å². The Morgan fingerprint density at radius 3 is 2.47 bits per heavy atom. The molecule has 2 amide bonds. The third-order valence-electron chi connectivity index (χ3n) is 5.64. The zero-order chi connectivity index (χ0) is 21.5. The van der Waals surface area contributed by atoms with Crippen LogP contribution in [0.25, 0.3) is 0 Å². The predicted molar refractivity (Wildman–Crippen MR) is 123 cm³/mol. The van der Waals surface area contributed by atoms with Crippen molar-refractivity contribution in [2.75, 3.05) is 50.5 Å². The summed E-state index contributed by atoms with van der Waals surface area (Å²) in [7, 11) is 3.94. The summed E-state index contributed by atoms with van der Waals surface area (Å²) in [6.45, 7) is 5.27. The van der Waals surface area contributed by atoms with Crippen LogP contribution in [0.2, 0.25) is 0 Å². The summed E-state index contributed by atoms with van der Waals surface area (Å²) < 4.78 is 0. The van der Waals surface area contributed by atoms with Crippen LogP contribution in [0.1, 0.15) is 30.1 Å². The molecule has 6 heteroatoms. The average molecular weight is 411 g/mol. The second-order valence-corrected chi connectivity index (χ2v) is 8.41. The van der Waals surface area contributed by atoms with Gasteiger partial charge in [0, 0.05) is 43.5 Å². The van der Waals surface area contributed by atoms with E-state index in [4.69, 9.17) is 0 Å². The molecule has 3 N–H and O–H groups in total. The highest BCUT2D eigenvalue weighted by molar-refractivity contribution is 5.90. The van der Waals surface area contributed by atoms with Gasteiger partial charge in [-0.2, -0.15) is 0 Å². The Balaban J connectivity index is 1.58. The number of hydrogen-bond acceptors (Lipinski definition) is 4. The van der Waals surface area contributed by atoms with Crippen molar-refractivity contribution in [2.24, 2.45) is 5.92 Å². The van der Waals surface area contributed by atoms with Crippen molar-refractivity contribution < 1.29 is 9.90 Å². The van der Waals surface area contributed by atoms with Crippen LogP contribution in [0, 0.1) is 12.8 Å². The Hall–Kier alpha value is -2.57. The summed E-state index contributed by atoms with van der Waals surface area (Å²) in [5, 5.41) is 16.7. The number of nitrogens with one attached hydrogen (secondary N) is 2. The molecule has 2 aromatic carbocycles. The molecule has 0 unspecified atom stereocenters. The summed E-state index contributed by atoms with van der Waals surface area (Å²) in [4.78, 5) is 16.9. The molecule has 2 aromatic rings. The van der Waals surface area contributed by atoms with Crippen LogP contribution >= 0.6 is 0 Å². The predicted octanol–water partition coefficient (Wildman–Crippen LogP) is 3.63. The normalized spacial score (nSPS) is 15.8. The molecule has 0 aromatic heterocycles. The number of anilines is 2. The maximum Gasteiger partial charge on any atom is 0.319 e. The van der Waals surface area contributed by atoms with Gasteiger partial charge in [0.1, 0.15) is 0 Å². The highest BCUT2D eigenvalue weighted by Gasteiger charge is 2.22. The van der Waals surface area contributed by atoms with Crippen LogP contribution in [0.15, 0.2) is 48.5 Å². The van der Waals surface area contributed by atoms with Gasteiger partial charge in [0.2, 0.25) is 0 Å². The van der Waals surface area contributed by atoms with Crippen LogP contribution in [0.5, 0.6) is 0 Å². The molecule has 30 heavy (non-hydrogen) atoms. The molecule has 1 aliphatic rings. The van der Waals surface area contributed by atoms with E-state index < -0.39 is 6.10 Å². The Labute approximate surface area is 179 Å². The van der Waals surface area contributed by atoms with Crippen LogP contribution in [-0.4, -0.2) is 56.3 Å². The Morgan fingerprint density at radius 2 is 1.83 bits per heavy atom. The summed E-state index contributed by atoms with van der Waals surface area (Å²) >= 11 is 0. The fraction of sp³-hybridized carbons (Fsp3) is 0.458. The van der Waals surface area contributed by atoms with E-state index >= 15 is 0 Å². The lowest BCUT2D eigenvalue weighted by molar-refractivity contribution is 0.0911. The molecule has 0 saturated carbocycles. The molecule has 2 atom stereocenters. The van der Waals surface area contributed by atoms with Crippen molar-refractivity contribution in [1.82, 2.24) is 10.2 Å². The first kappa shape index (κ1) is 22.1. The highest BCUT2D eigenvalue weighted by Crippen LogP contribution is 2.26. The average Bonchev–Trinajstić information content (AvgIpc) is 3.27. The van der Waals surface area contributed by atoms with Gasteiger partial charge >= 0.3 is 6.03 Å². The molecule has 0 bridgehead atoms.